The summed E-state index contributed by atoms with van der Waals surface area (Å²) in [6.45, 7) is 7.77. The molecule has 0 aromatic heterocycles. The third-order valence-corrected chi connectivity index (χ3v) is 6.75. The van der Waals surface area contributed by atoms with Crippen molar-refractivity contribution in [1.29, 1.82) is 5.26 Å². The largest absolute Gasteiger partial charge is 0.393 e. The minimum Gasteiger partial charge on any atom is -0.393 e. The fraction of sp³-hybridized carbons (Fsp3) is 0.640. The smallest absolute Gasteiger partial charge is 0.227 e. The number of nitrogens with zero attached hydrogens (tertiary/aromatic N) is 3. The van der Waals surface area contributed by atoms with Crippen molar-refractivity contribution in [3.63, 3.8) is 0 Å². The Hall–Kier alpha value is -2.59. The summed E-state index contributed by atoms with van der Waals surface area (Å²) in [6, 6.07) is 7.89. The first-order chi connectivity index (χ1) is 15.3. The van der Waals surface area contributed by atoms with Gasteiger partial charge in [-0.2, -0.15) is 5.26 Å². The molecule has 1 aromatic rings. The molecule has 1 aliphatic carbocycles. The van der Waals surface area contributed by atoms with Crippen molar-refractivity contribution in [3.05, 3.63) is 23.8 Å². The molecular formula is C25H36N4O3. The maximum absolute atomic E-state index is 13.4. The molecule has 0 bridgehead atoms. The second-order valence-corrected chi connectivity index (χ2v) is 9.36. The van der Waals surface area contributed by atoms with Crippen LogP contribution in [-0.4, -0.2) is 53.6 Å². The standard InChI is InChI=1S/C25H36N4O3/c1-4-29(21-8-10-22(30)11-9-21)25(32)18-6-5-13-28(16-18)23-12-7-20(14-19(23)15-26)27-24(31)17(2)3/h7,12,14,17-18,21-22,30H,4-6,8-11,13,16H2,1-3H3,(H,27,31)/t18-,21-,22-/m0/s1. The number of carbonyl (C=O) groups excluding carboxylic acids is 2. The maximum atomic E-state index is 13.4. The fourth-order valence-corrected chi connectivity index (χ4v) is 4.86. The molecule has 0 unspecified atom stereocenters. The SMILES string of the molecule is CCN(C(=O)[C@H]1CCCN(c2ccc(NC(=O)C(C)C)cc2C#N)C1)[C@H]1CC[C@H](O)CC1. The average molecular weight is 441 g/mol. The number of hydrogen-bond donors (Lipinski definition) is 2. The number of carbonyl (C=O) groups is 2. The second-order valence-electron chi connectivity index (χ2n) is 9.36. The molecule has 2 fully saturated rings. The van der Waals surface area contributed by atoms with Crippen molar-refractivity contribution in [1.82, 2.24) is 4.90 Å². The Bertz CT molecular complexity index is 855. The van der Waals surface area contributed by atoms with Gasteiger partial charge in [0.05, 0.1) is 23.3 Å². The van der Waals surface area contributed by atoms with Crippen LogP contribution in [0.3, 0.4) is 0 Å². The summed E-state index contributed by atoms with van der Waals surface area (Å²) in [6.07, 6.45) is 4.76. The normalized spacial score (nSPS) is 23.5. The fourth-order valence-electron chi connectivity index (χ4n) is 4.86. The number of benzene rings is 1. The summed E-state index contributed by atoms with van der Waals surface area (Å²) < 4.78 is 0. The number of piperidine rings is 1. The zero-order valence-electron chi connectivity index (χ0n) is 19.5. The molecule has 1 atom stereocenters. The molecule has 1 saturated heterocycles. The van der Waals surface area contributed by atoms with Gasteiger partial charge in [0.15, 0.2) is 0 Å². The van der Waals surface area contributed by atoms with Crippen LogP contribution in [0.2, 0.25) is 0 Å². The predicted octanol–water partition coefficient (Wildman–Crippen LogP) is 3.52. The topological polar surface area (TPSA) is 96.7 Å². The molecule has 1 saturated carbocycles. The number of amides is 2. The molecule has 174 valence electrons. The van der Waals surface area contributed by atoms with E-state index in [1.807, 2.05) is 37.8 Å². The van der Waals surface area contributed by atoms with E-state index in [9.17, 15) is 20.0 Å². The van der Waals surface area contributed by atoms with E-state index in [2.05, 4.69) is 16.3 Å². The van der Waals surface area contributed by atoms with Crippen molar-refractivity contribution in [2.45, 2.75) is 71.4 Å². The molecule has 7 nitrogen and oxygen atoms in total. The van der Waals surface area contributed by atoms with Gasteiger partial charge in [0.2, 0.25) is 11.8 Å². The molecular weight excluding hydrogens is 404 g/mol. The Morgan fingerprint density at radius 2 is 1.97 bits per heavy atom. The van der Waals surface area contributed by atoms with Crippen LogP contribution in [0.4, 0.5) is 11.4 Å². The zero-order chi connectivity index (χ0) is 23.3. The van der Waals surface area contributed by atoms with E-state index in [1.54, 1.807) is 6.07 Å². The van der Waals surface area contributed by atoms with Gasteiger partial charge in [0, 0.05) is 37.3 Å². The molecule has 0 radical (unpaired) electrons. The van der Waals surface area contributed by atoms with Crippen molar-refractivity contribution in [2.75, 3.05) is 29.9 Å². The maximum Gasteiger partial charge on any atom is 0.227 e. The van der Waals surface area contributed by atoms with Crippen LogP contribution in [0.5, 0.6) is 0 Å². The van der Waals surface area contributed by atoms with Crippen molar-refractivity contribution >= 4 is 23.2 Å². The highest BCUT2D eigenvalue weighted by atomic mass is 16.3. The second kappa shape index (κ2) is 10.8. The molecule has 1 aliphatic heterocycles. The van der Waals surface area contributed by atoms with E-state index in [4.69, 9.17) is 0 Å². The highest BCUT2D eigenvalue weighted by Crippen LogP contribution is 2.31. The van der Waals surface area contributed by atoms with E-state index in [-0.39, 0.29) is 35.8 Å². The third kappa shape index (κ3) is 5.60. The van der Waals surface area contributed by atoms with Gasteiger partial charge < -0.3 is 20.2 Å². The van der Waals surface area contributed by atoms with Crippen LogP contribution in [-0.2, 0) is 9.59 Å². The van der Waals surface area contributed by atoms with Gasteiger partial charge in [-0.05, 0) is 63.6 Å². The number of nitrogens with one attached hydrogen (secondary N) is 1. The summed E-state index contributed by atoms with van der Waals surface area (Å²) in [7, 11) is 0. The monoisotopic (exact) mass is 440 g/mol. The average Bonchev–Trinajstić information content (AvgIpc) is 2.80. The van der Waals surface area contributed by atoms with Crippen molar-refractivity contribution in [2.24, 2.45) is 11.8 Å². The number of anilines is 2. The Balaban J connectivity index is 1.71. The number of nitriles is 1. The number of aliphatic hydroxyl groups excluding tert-OH is 1. The highest BCUT2D eigenvalue weighted by molar-refractivity contribution is 5.92. The van der Waals surface area contributed by atoms with Gasteiger partial charge in [-0.15, -0.1) is 0 Å². The lowest BCUT2D eigenvalue weighted by molar-refractivity contribution is -0.139. The lowest BCUT2D eigenvalue weighted by Gasteiger charge is -2.40. The number of aliphatic hydroxyl groups is 1. The van der Waals surface area contributed by atoms with Gasteiger partial charge in [-0.3, -0.25) is 9.59 Å². The Morgan fingerprint density at radius 3 is 2.59 bits per heavy atom. The van der Waals surface area contributed by atoms with Gasteiger partial charge in [0.1, 0.15) is 6.07 Å². The Kier molecular flexibility index (Phi) is 8.14. The van der Waals surface area contributed by atoms with Crippen molar-refractivity contribution in [3.8, 4) is 6.07 Å². The predicted molar refractivity (Wildman–Crippen MR) is 125 cm³/mol. The van der Waals surface area contributed by atoms with Crippen LogP contribution >= 0.6 is 0 Å². The van der Waals surface area contributed by atoms with E-state index in [1.165, 1.54) is 0 Å². The minimum atomic E-state index is -0.233. The highest BCUT2D eigenvalue weighted by Gasteiger charge is 2.34. The molecule has 0 spiro atoms. The first-order valence-corrected chi connectivity index (χ1v) is 11.9. The minimum absolute atomic E-state index is 0.0832. The summed E-state index contributed by atoms with van der Waals surface area (Å²) in [5.41, 5.74) is 1.94. The summed E-state index contributed by atoms with van der Waals surface area (Å²) in [5, 5.41) is 22.4. The third-order valence-electron chi connectivity index (χ3n) is 6.75. The molecule has 32 heavy (non-hydrogen) atoms. The van der Waals surface area contributed by atoms with Gasteiger partial charge in [0.25, 0.3) is 0 Å². The number of hydrogen-bond acceptors (Lipinski definition) is 5. The van der Waals surface area contributed by atoms with Gasteiger partial charge in [-0.25, -0.2) is 0 Å². The van der Waals surface area contributed by atoms with Crippen LogP contribution in [0.25, 0.3) is 0 Å². The first-order valence-electron chi connectivity index (χ1n) is 11.9. The Labute approximate surface area is 191 Å². The van der Waals surface area contributed by atoms with Crippen LogP contribution in [0, 0.1) is 23.2 Å². The molecule has 3 rings (SSSR count). The lowest BCUT2D eigenvalue weighted by Crippen LogP contribution is -2.49. The molecule has 2 aliphatic rings. The summed E-state index contributed by atoms with van der Waals surface area (Å²) in [5.74, 6) is -0.122. The van der Waals surface area contributed by atoms with Crippen molar-refractivity contribution < 1.29 is 14.7 Å². The van der Waals surface area contributed by atoms with E-state index >= 15 is 0 Å². The Morgan fingerprint density at radius 1 is 1.25 bits per heavy atom. The van der Waals surface area contributed by atoms with Gasteiger partial charge >= 0.3 is 0 Å². The zero-order valence-corrected chi connectivity index (χ0v) is 19.5. The molecule has 2 N–H and O–H groups in total. The molecule has 2 amide bonds. The first kappa shape index (κ1) is 24.1. The molecule has 1 aromatic carbocycles. The van der Waals surface area contributed by atoms with Gasteiger partial charge in [-0.1, -0.05) is 13.8 Å². The van der Waals surface area contributed by atoms with E-state index in [0.29, 0.717) is 24.3 Å². The van der Waals surface area contributed by atoms with Crippen LogP contribution in [0.1, 0.15) is 64.9 Å². The quantitative estimate of drug-likeness (QED) is 0.705. The summed E-state index contributed by atoms with van der Waals surface area (Å²) >= 11 is 0. The summed E-state index contributed by atoms with van der Waals surface area (Å²) in [4.78, 5) is 29.5. The van der Waals surface area contributed by atoms with Crippen LogP contribution < -0.4 is 10.2 Å². The van der Waals surface area contributed by atoms with Crippen LogP contribution in [0.15, 0.2) is 18.2 Å². The van der Waals surface area contributed by atoms with E-state index < -0.39 is 0 Å². The number of rotatable bonds is 6. The lowest BCUT2D eigenvalue weighted by atomic mass is 9.89. The molecule has 1 heterocycles. The van der Waals surface area contributed by atoms with E-state index in [0.717, 1.165) is 50.8 Å². The molecule has 7 heteroatoms.